The average molecular weight is 433 g/mol. The molecule has 2 bridgehead atoms. The van der Waals surface area contributed by atoms with Gasteiger partial charge in [0.05, 0.1) is 22.5 Å². The topological polar surface area (TPSA) is 104 Å². The third kappa shape index (κ3) is 3.19. The Hall–Kier alpha value is -1.46. The van der Waals surface area contributed by atoms with Crippen LogP contribution in [0.1, 0.15) is 0 Å². The van der Waals surface area contributed by atoms with Crippen LogP contribution in [0, 0.1) is 11.8 Å². The molecule has 1 amide bonds. The fraction of sp³-hybridized carbons (Fsp3) is 0.500. The van der Waals surface area contributed by atoms with E-state index in [2.05, 4.69) is 0 Å². The van der Waals surface area contributed by atoms with E-state index in [-0.39, 0.29) is 36.3 Å². The standard InChI is InChI=1S/C16H17ClN2O6S2/c17-11-3-4-12(26-11)27(23,24)19-7-5-18(6-8-19)15(20)13-9-1-2-10(25-9)14(13)16(21)22/h1-4,9-10,13-14H,5-8H2,(H,21,22)/t9-,10-,13+,14+/m1/s1. The van der Waals surface area contributed by atoms with Gasteiger partial charge in [0.2, 0.25) is 5.91 Å². The van der Waals surface area contributed by atoms with Crippen LogP contribution in [-0.2, 0) is 24.3 Å². The lowest BCUT2D eigenvalue weighted by molar-refractivity contribution is -0.150. The molecule has 2 fully saturated rings. The molecule has 1 N–H and O–H groups in total. The summed E-state index contributed by atoms with van der Waals surface area (Å²) in [4.78, 5) is 26.0. The minimum absolute atomic E-state index is 0.152. The summed E-state index contributed by atoms with van der Waals surface area (Å²) in [7, 11) is -3.64. The van der Waals surface area contributed by atoms with Gasteiger partial charge in [0, 0.05) is 26.2 Å². The summed E-state index contributed by atoms with van der Waals surface area (Å²) in [6, 6.07) is 3.00. The normalized spacial score (nSPS) is 30.8. The lowest BCUT2D eigenvalue weighted by Gasteiger charge is -2.36. The van der Waals surface area contributed by atoms with Crippen LogP contribution < -0.4 is 0 Å². The number of amides is 1. The molecule has 0 spiro atoms. The number of ether oxygens (including phenoxy) is 1. The van der Waals surface area contributed by atoms with Crippen LogP contribution in [0.25, 0.3) is 0 Å². The second-order valence-electron chi connectivity index (χ2n) is 6.63. The monoisotopic (exact) mass is 432 g/mol. The fourth-order valence-electron chi connectivity index (χ4n) is 3.82. The summed E-state index contributed by atoms with van der Waals surface area (Å²) < 4.78 is 32.7. The first-order valence-corrected chi connectivity index (χ1v) is 11.0. The highest BCUT2D eigenvalue weighted by Crippen LogP contribution is 2.40. The first-order valence-electron chi connectivity index (χ1n) is 8.40. The number of carbonyl (C=O) groups excluding carboxylic acids is 1. The van der Waals surface area contributed by atoms with E-state index in [0.29, 0.717) is 4.34 Å². The second kappa shape index (κ2) is 6.85. The van der Waals surface area contributed by atoms with E-state index in [1.807, 2.05) is 0 Å². The highest BCUT2D eigenvalue weighted by molar-refractivity contribution is 7.91. The van der Waals surface area contributed by atoms with Crippen LogP contribution in [0.3, 0.4) is 0 Å². The molecule has 4 atom stereocenters. The third-order valence-electron chi connectivity index (χ3n) is 5.16. The maximum Gasteiger partial charge on any atom is 0.310 e. The zero-order chi connectivity index (χ0) is 19.3. The number of piperazine rings is 1. The van der Waals surface area contributed by atoms with Gasteiger partial charge in [-0.25, -0.2) is 8.42 Å². The largest absolute Gasteiger partial charge is 0.481 e. The van der Waals surface area contributed by atoms with Crippen molar-refractivity contribution in [2.24, 2.45) is 11.8 Å². The van der Waals surface area contributed by atoms with E-state index in [9.17, 15) is 23.1 Å². The summed E-state index contributed by atoms with van der Waals surface area (Å²) in [5.74, 6) is -3.02. The van der Waals surface area contributed by atoms with Gasteiger partial charge in [-0.2, -0.15) is 4.31 Å². The van der Waals surface area contributed by atoms with Crippen molar-refractivity contribution < 1.29 is 27.9 Å². The number of thiophene rings is 1. The van der Waals surface area contributed by atoms with Crippen molar-refractivity contribution in [2.75, 3.05) is 26.2 Å². The van der Waals surface area contributed by atoms with Crippen LogP contribution in [0.5, 0.6) is 0 Å². The van der Waals surface area contributed by atoms with Gasteiger partial charge in [-0.3, -0.25) is 9.59 Å². The number of halogens is 1. The van der Waals surface area contributed by atoms with Crippen molar-refractivity contribution in [3.63, 3.8) is 0 Å². The molecular formula is C16H17ClN2O6S2. The maximum atomic E-state index is 12.9. The minimum Gasteiger partial charge on any atom is -0.481 e. The van der Waals surface area contributed by atoms with Gasteiger partial charge < -0.3 is 14.7 Å². The molecule has 0 radical (unpaired) electrons. The minimum atomic E-state index is -3.64. The zero-order valence-corrected chi connectivity index (χ0v) is 16.4. The summed E-state index contributed by atoms with van der Waals surface area (Å²) in [5, 5.41) is 9.45. The van der Waals surface area contributed by atoms with E-state index >= 15 is 0 Å². The number of sulfonamides is 1. The SMILES string of the molecule is O=C(O)[C@@H]1[C@@H](C(=O)N2CCN(S(=O)(=O)c3ccc(Cl)s3)CC2)[C@H]2C=C[C@H]1O2. The molecule has 2 saturated heterocycles. The number of hydrogen-bond donors (Lipinski definition) is 1. The van der Waals surface area contributed by atoms with Gasteiger partial charge in [0.25, 0.3) is 10.0 Å². The predicted molar refractivity (Wildman–Crippen MR) is 97.1 cm³/mol. The Morgan fingerprint density at radius 1 is 1.11 bits per heavy atom. The van der Waals surface area contributed by atoms with Crippen molar-refractivity contribution in [1.82, 2.24) is 9.21 Å². The van der Waals surface area contributed by atoms with Crippen molar-refractivity contribution in [2.45, 2.75) is 16.4 Å². The molecule has 4 rings (SSSR count). The quantitative estimate of drug-likeness (QED) is 0.708. The van der Waals surface area contributed by atoms with E-state index in [0.717, 1.165) is 11.3 Å². The van der Waals surface area contributed by atoms with Crippen molar-refractivity contribution in [3.8, 4) is 0 Å². The molecule has 0 unspecified atom stereocenters. The Labute approximate surface area is 165 Å². The molecule has 1 aromatic heterocycles. The molecule has 0 aliphatic carbocycles. The van der Waals surface area contributed by atoms with E-state index in [1.54, 1.807) is 12.2 Å². The number of carboxylic acids is 1. The number of fused-ring (bicyclic) bond motifs is 2. The molecule has 8 nitrogen and oxygen atoms in total. The molecule has 0 aromatic carbocycles. The van der Waals surface area contributed by atoms with Crippen molar-refractivity contribution in [3.05, 3.63) is 28.6 Å². The van der Waals surface area contributed by atoms with Gasteiger partial charge in [-0.15, -0.1) is 11.3 Å². The lowest BCUT2D eigenvalue weighted by Crippen LogP contribution is -2.54. The Balaban J connectivity index is 1.44. The average Bonchev–Trinajstić information content (AvgIpc) is 3.36. The Morgan fingerprint density at radius 3 is 2.30 bits per heavy atom. The fourth-order valence-corrected chi connectivity index (χ4v) is 6.88. The molecule has 3 aliphatic rings. The van der Waals surface area contributed by atoms with Gasteiger partial charge in [0.1, 0.15) is 10.1 Å². The zero-order valence-electron chi connectivity index (χ0n) is 14.0. The van der Waals surface area contributed by atoms with Crippen LogP contribution in [0.15, 0.2) is 28.5 Å². The second-order valence-corrected chi connectivity index (χ2v) is 10.5. The number of carbonyl (C=O) groups is 2. The molecule has 4 heterocycles. The molecule has 146 valence electrons. The van der Waals surface area contributed by atoms with Gasteiger partial charge in [-0.1, -0.05) is 23.8 Å². The lowest BCUT2D eigenvalue weighted by atomic mass is 9.82. The van der Waals surface area contributed by atoms with Gasteiger partial charge in [-0.05, 0) is 12.1 Å². The van der Waals surface area contributed by atoms with Crippen molar-refractivity contribution in [1.29, 1.82) is 0 Å². The summed E-state index contributed by atoms with van der Waals surface area (Å²) in [5.41, 5.74) is 0. The Bertz CT molecular complexity index is 906. The summed E-state index contributed by atoms with van der Waals surface area (Å²) in [6.45, 7) is 0.722. The third-order valence-corrected chi connectivity index (χ3v) is 8.76. The molecule has 0 saturated carbocycles. The number of hydrogen-bond acceptors (Lipinski definition) is 6. The molecule has 1 aromatic rings. The Kier molecular flexibility index (Phi) is 4.79. The summed E-state index contributed by atoms with van der Waals surface area (Å²) >= 11 is 6.82. The predicted octanol–water partition coefficient (Wildman–Crippen LogP) is 0.889. The van der Waals surface area contributed by atoms with E-state index in [4.69, 9.17) is 16.3 Å². The maximum absolute atomic E-state index is 12.9. The molecular weight excluding hydrogens is 416 g/mol. The number of carboxylic acid groups (broad SMARTS) is 1. The van der Waals surface area contributed by atoms with Crippen LogP contribution in [-0.4, -0.2) is 73.0 Å². The molecule has 27 heavy (non-hydrogen) atoms. The Morgan fingerprint density at radius 2 is 1.74 bits per heavy atom. The van der Waals surface area contributed by atoms with E-state index in [1.165, 1.54) is 21.3 Å². The first kappa shape index (κ1) is 18.9. The van der Waals surface area contributed by atoms with Crippen LogP contribution >= 0.6 is 22.9 Å². The van der Waals surface area contributed by atoms with Crippen molar-refractivity contribution >= 4 is 44.8 Å². The summed E-state index contributed by atoms with van der Waals surface area (Å²) in [6.07, 6.45) is 2.31. The highest BCUT2D eigenvalue weighted by Gasteiger charge is 2.54. The van der Waals surface area contributed by atoms with Gasteiger partial charge in [0.15, 0.2) is 0 Å². The number of nitrogens with zero attached hydrogens (tertiary/aromatic N) is 2. The van der Waals surface area contributed by atoms with Gasteiger partial charge >= 0.3 is 5.97 Å². The first-order chi connectivity index (χ1) is 12.8. The van der Waals surface area contributed by atoms with E-state index < -0.39 is 40.0 Å². The number of rotatable bonds is 4. The smallest absolute Gasteiger partial charge is 0.310 e. The van der Waals surface area contributed by atoms with Crippen LogP contribution in [0.4, 0.5) is 0 Å². The highest BCUT2D eigenvalue weighted by atomic mass is 35.5. The molecule has 3 aliphatic heterocycles. The van der Waals surface area contributed by atoms with Crippen LogP contribution in [0.2, 0.25) is 4.34 Å². The number of aliphatic carboxylic acids is 1. The molecule has 11 heteroatoms.